The van der Waals surface area contributed by atoms with Gasteiger partial charge in [0, 0.05) is 22.2 Å². The third-order valence-electron chi connectivity index (χ3n) is 3.91. The summed E-state index contributed by atoms with van der Waals surface area (Å²) in [5, 5.41) is 14.4. The van der Waals surface area contributed by atoms with Crippen molar-refractivity contribution in [3.05, 3.63) is 53.0 Å². The van der Waals surface area contributed by atoms with Crippen molar-refractivity contribution < 1.29 is 4.74 Å². The minimum atomic E-state index is 0.529. The van der Waals surface area contributed by atoms with Gasteiger partial charge in [-0.25, -0.2) is 4.98 Å². The summed E-state index contributed by atoms with van der Waals surface area (Å²) in [6, 6.07) is 12.1. The van der Waals surface area contributed by atoms with Gasteiger partial charge in [0.05, 0.1) is 26.1 Å². The van der Waals surface area contributed by atoms with E-state index in [-0.39, 0.29) is 0 Å². The summed E-state index contributed by atoms with van der Waals surface area (Å²) in [7, 11) is 0. The Morgan fingerprint density at radius 1 is 1.08 bits per heavy atom. The largest absolute Gasteiger partial charge is 0.436 e. The van der Waals surface area contributed by atoms with E-state index >= 15 is 0 Å². The van der Waals surface area contributed by atoms with E-state index in [1.165, 1.54) is 0 Å². The van der Waals surface area contributed by atoms with Crippen LogP contribution in [0, 0.1) is 6.92 Å². The third-order valence-corrected chi connectivity index (χ3v) is 5.75. The molecule has 0 bridgehead atoms. The number of thiazole rings is 1. The maximum absolute atomic E-state index is 6.19. The second-order valence-corrected chi connectivity index (χ2v) is 7.61. The fourth-order valence-corrected chi connectivity index (χ4v) is 4.69. The van der Waals surface area contributed by atoms with Crippen LogP contribution in [0.5, 0.6) is 11.6 Å². The van der Waals surface area contributed by atoms with Gasteiger partial charge in [0.1, 0.15) is 5.75 Å². The summed E-state index contributed by atoms with van der Waals surface area (Å²) in [5.74, 6) is 1.33. The highest BCUT2D eigenvalue weighted by atomic mass is 32.1. The Bertz CT molecular complexity index is 1200. The summed E-state index contributed by atoms with van der Waals surface area (Å²) in [6.07, 6.45) is 1.75. The molecule has 0 saturated heterocycles. The van der Waals surface area contributed by atoms with Crippen LogP contribution in [0.4, 0.5) is 0 Å². The molecule has 0 radical (unpaired) electrons. The first-order valence-electron chi connectivity index (χ1n) is 7.45. The number of thiophene rings is 1. The van der Waals surface area contributed by atoms with Gasteiger partial charge in [-0.3, -0.25) is 0 Å². The molecule has 0 amide bonds. The van der Waals surface area contributed by atoms with Crippen LogP contribution in [0.3, 0.4) is 0 Å². The predicted molar refractivity (Wildman–Crippen MR) is 99.4 cm³/mol. The molecule has 0 spiro atoms. The van der Waals surface area contributed by atoms with Crippen molar-refractivity contribution in [3.63, 3.8) is 0 Å². The molecule has 116 valence electrons. The van der Waals surface area contributed by atoms with Gasteiger partial charge in [-0.15, -0.1) is 27.8 Å². The maximum Gasteiger partial charge on any atom is 0.246 e. The molecule has 5 aromatic rings. The fraction of sp³-hybridized carbons (Fsp3) is 0.0556. The van der Waals surface area contributed by atoms with Crippen LogP contribution in [0.1, 0.15) is 5.01 Å². The molecular weight excluding hydrogens is 338 g/mol. The van der Waals surface area contributed by atoms with E-state index in [1.54, 1.807) is 28.9 Å². The third kappa shape index (κ3) is 2.07. The molecular formula is C18H11N3OS2. The van der Waals surface area contributed by atoms with E-state index in [0.717, 1.165) is 41.8 Å². The number of hydrogen-bond donors (Lipinski definition) is 0. The number of aryl methyl sites for hydroxylation is 1. The predicted octanol–water partition coefficient (Wildman–Crippen LogP) is 5.55. The molecule has 0 atom stereocenters. The summed E-state index contributed by atoms with van der Waals surface area (Å²) in [5.41, 5.74) is 1.05. The van der Waals surface area contributed by atoms with Gasteiger partial charge in [-0.1, -0.05) is 18.2 Å². The van der Waals surface area contributed by atoms with E-state index in [9.17, 15) is 0 Å². The van der Waals surface area contributed by atoms with E-state index in [4.69, 9.17) is 4.74 Å². The Balaban J connectivity index is 1.74. The van der Waals surface area contributed by atoms with Crippen molar-refractivity contribution in [2.75, 3.05) is 0 Å². The van der Waals surface area contributed by atoms with E-state index in [0.29, 0.717) is 5.88 Å². The smallest absolute Gasteiger partial charge is 0.246 e. The summed E-state index contributed by atoms with van der Waals surface area (Å²) < 4.78 is 8.48. The molecule has 5 rings (SSSR count). The lowest BCUT2D eigenvalue weighted by Crippen LogP contribution is -1.92. The van der Waals surface area contributed by atoms with Crippen molar-refractivity contribution in [3.8, 4) is 11.6 Å². The quantitative estimate of drug-likeness (QED) is 0.419. The Kier molecular flexibility index (Phi) is 3.01. The number of ether oxygens (including phenoxy) is 1. The molecule has 0 aliphatic carbocycles. The highest BCUT2D eigenvalue weighted by Gasteiger charge is 2.14. The zero-order valence-corrected chi connectivity index (χ0v) is 14.3. The van der Waals surface area contributed by atoms with Crippen molar-refractivity contribution in [1.82, 2.24) is 15.2 Å². The number of benzene rings is 2. The van der Waals surface area contributed by atoms with Gasteiger partial charge in [0.25, 0.3) is 0 Å². The molecule has 4 nitrogen and oxygen atoms in total. The highest BCUT2D eigenvalue weighted by molar-refractivity contribution is 7.21. The summed E-state index contributed by atoms with van der Waals surface area (Å²) >= 11 is 3.36. The van der Waals surface area contributed by atoms with Gasteiger partial charge in [-0.2, -0.15) is 5.10 Å². The van der Waals surface area contributed by atoms with Crippen LogP contribution in [0.25, 0.3) is 31.1 Å². The van der Waals surface area contributed by atoms with E-state index in [2.05, 4.69) is 32.7 Å². The Labute approximate surface area is 145 Å². The van der Waals surface area contributed by atoms with Crippen LogP contribution in [0.15, 0.2) is 48.0 Å². The van der Waals surface area contributed by atoms with Crippen LogP contribution < -0.4 is 4.74 Å². The minimum Gasteiger partial charge on any atom is -0.436 e. The number of nitrogens with zero attached hydrogens (tertiary/aromatic N) is 3. The second-order valence-electron chi connectivity index (χ2n) is 5.46. The lowest BCUT2D eigenvalue weighted by atomic mass is 10.2. The lowest BCUT2D eigenvalue weighted by molar-refractivity contribution is 0.468. The average Bonchev–Trinajstić information content (AvgIpc) is 3.21. The highest BCUT2D eigenvalue weighted by Crippen LogP contribution is 2.40. The van der Waals surface area contributed by atoms with Gasteiger partial charge in [-0.05, 0) is 24.4 Å². The van der Waals surface area contributed by atoms with Gasteiger partial charge < -0.3 is 4.74 Å². The standard InChI is InChI=1S/C18H11N3OS2/c1-10-20-16-15(24-10)8-14(13-6-7-23-17(13)16)22-18-12-5-3-2-4-11(12)9-19-21-18/h2-9H,1H3. The first-order valence-corrected chi connectivity index (χ1v) is 9.15. The summed E-state index contributed by atoms with van der Waals surface area (Å²) in [6.45, 7) is 2.03. The van der Waals surface area contributed by atoms with E-state index < -0.39 is 0 Å². The molecule has 0 aliphatic heterocycles. The number of fused-ring (bicyclic) bond motifs is 4. The molecule has 24 heavy (non-hydrogen) atoms. The zero-order valence-electron chi connectivity index (χ0n) is 12.7. The molecule has 0 fully saturated rings. The van der Waals surface area contributed by atoms with Crippen molar-refractivity contribution in [1.29, 1.82) is 0 Å². The number of hydrogen-bond acceptors (Lipinski definition) is 6. The summed E-state index contributed by atoms with van der Waals surface area (Å²) in [4.78, 5) is 4.66. The van der Waals surface area contributed by atoms with E-state index in [1.807, 2.05) is 31.2 Å². The van der Waals surface area contributed by atoms with Crippen LogP contribution in [-0.4, -0.2) is 15.2 Å². The van der Waals surface area contributed by atoms with Gasteiger partial charge in [0.15, 0.2) is 0 Å². The molecule has 3 aromatic heterocycles. The maximum atomic E-state index is 6.19. The van der Waals surface area contributed by atoms with Crippen molar-refractivity contribution in [2.24, 2.45) is 0 Å². The number of aromatic nitrogens is 3. The van der Waals surface area contributed by atoms with Crippen LogP contribution in [-0.2, 0) is 0 Å². The molecule has 0 saturated carbocycles. The molecule has 0 unspecified atom stereocenters. The molecule has 2 aromatic carbocycles. The minimum absolute atomic E-state index is 0.529. The Morgan fingerprint density at radius 3 is 2.96 bits per heavy atom. The van der Waals surface area contributed by atoms with Crippen LogP contribution >= 0.6 is 22.7 Å². The molecule has 3 heterocycles. The lowest BCUT2D eigenvalue weighted by Gasteiger charge is -2.08. The van der Waals surface area contributed by atoms with Crippen molar-refractivity contribution >= 4 is 53.7 Å². The fourth-order valence-electron chi connectivity index (χ4n) is 2.85. The topological polar surface area (TPSA) is 47.9 Å². The second kappa shape index (κ2) is 5.22. The molecule has 0 N–H and O–H groups in total. The van der Waals surface area contributed by atoms with Gasteiger partial charge in [0.2, 0.25) is 5.88 Å². The van der Waals surface area contributed by atoms with Crippen LogP contribution in [0.2, 0.25) is 0 Å². The monoisotopic (exact) mass is 349 g/mol. The Morgan fingerprint density at radius 2 is 2.00 bits per heavy atom. The molecule has 0 aliphatic rings. The number of rotatable bonds is 2. The SMILES string of the molecule is Cc1nc2c(cc(Oc3nncc4ccccc34)c3ccsc32)s1. The molecule has 6 heteroatoms. The normalized spacial score (nSPS) is 11.5. The zero-order chi connectivity index (χ0) is 16.1. The Hall–Kier alpha value is -2.57. The average molecular weight is 349 g/mol. The van der Waals surface area contributed by atoms with Gasteiger partial charge >= 0.3 is 0 Å². The van der Waals surface area contributed by atoms with Crippen molar-refractivity contribution in [2.45, 2.75) is 6.92 Å². The first-order chi connectivity index (χ1) is 11.8. The first kappa shape index (κ1) is 13.8.